The van der Waals surface area contributed by atoms with Crippen molar-refractivity contribution in [3.8, 4) is 0 Å². The minimum Gasteiger partial charge on any atom is -0.306 e. The van der Waals surface area contributed by atoms with Crippen LogP contribution in [0.5, 0.6) is 0 Å². The van der Waals surface area contributed by atoms with Crippen molar-refractivity contribution in [3.63, 3.8) is 0 Å². The molecule has 0 aliphatic rings. The maximum Gasteiger partial charge on any atom is 0.0992 e. The third kappa shape index (κ3) is 0.839. The van der Waals surface area contributed by atoms with E-state index in [9.17, 15) is 0 Å². The lowest BCUT2D eigenvalue weighted by Gasteiger charge is -1.98. The molecular weight excluding hydrogens is 162 g/mol. The van der Waals surface area contributed by atoms with Gasteiger partial charge in [-0.15, -0.1) is 0 Å². The van der Waals surface area contributed by atoms with Gasteiger partial charge in [0.05, 0.1) is 23.6 Å². The highest BCUT2D eigenvalue weighted by molar-refractivity contribution is 5.92. The molecule has 0 bridgehead atoms. The summed E-state index contributed by atoms with van der Waals surface area (Å²) in [4.78, 5) is 8.36. The standard InChI is InChI=1S/C10H7N3/c1-2-8-9(12-4-1)3-5-13-7-11-6-10(8)13/h1-7H. The van der Waals surface area contributed by atoms with E-state index >= 15 is 0 Å². The molecule has 3 aromatic heterocycles. The second-order valence-corrected chi connectivity index (χ2v) is 2.94. The molecule has 3 heteroatoms. The average Bonchev–Trinajstić information content (AvgIpc) is 2.65. The Morgan fingerprint density at radius 3 is 3.23 bits per heavy atom. The highest BCUT2D eigenvalue weighted by atomic mass is 15.0. The smallest absolute Gasteiger partial charge is 0.0992 e. The normalized spacial score (nSPS) is 11.1. The van der Waals surface area contributed by atoms with Crippen LogP contribution in [0.2, 0.25) is 0 Å². The minimum atomic E-state index is 1.01. The maximum atomic E-state index is 4.27. The van der Waals surface area contributed by atoms with Crippen LogP contribution in [-0.2, 0) is 0 Å². The number of aromatic nitrogens is 3. The number of rotatable bonds is 0. The van der Waals surface area contributed by atoms with Gasteiger partial charge in [-0.3, -0.25) is 4.98 Å². The molecule has 0 saturated carbocycles. The van der Waals surface area contributed by atoms with Gasteiger partial charge < -0.3 is 4.40 Å². The van der Waals surface area contributed by atoms with Gasteiger partial charge in [0, 0.05) is 17.8 Å². The van der Waals surface area contributed by atoms with E-state index in [1.165, 1.54) is 0 Å². The Balaban J connectivity index is 2.65. The number of hydrogen-bond acceptors (Lipinski definition) is 2. The number of nitrogens with zero attached hydrogens (tertiary/aromatic N) is 3. The zero-order valence-corrected chi connectivity index (χ0v) is 6.88. The summed E-state index contributed by atoms with van der Waals surface area (Å²) in [7, 11) is 0. The zero-order valence-electron chi connectivity index (χ0n) is 6.88. The first kappa shape index (κ1) is 6.60. The van der Waals surface area contributed by atoms with E-state index in [0.717, 1.165) is 16.4 Å². The number of imidazole rings is 1. The van der Waals surface area contributed by atoms with Crippen LogP contribution in [-0.4, -0.2) is 14.4 Å². The largest absolute Gasteiger partial charge is 0.306 e. The molecule has 0 unspecified atom stereocenters. The van der Waals surface area contributed by atoms with Crippen molar-refractivity contribution in [2.24, 2.45) is 0 Å². The van der Waals surface area contributed by atoms with Crippen molar-refractivity contribution in [2.75, 3.05) is 0 Å². The third-order valence-corrected chi connectivity index (χ3v) is 2.17. The Labute approximate surface area is 74.7 Å². The topological polar surface area (TPSA) is 30.2 Å². The Bertz CT molecular complexity index is 568. The quantitative estimate of drug-likeness (QED) is 0.514. The fraction of sp³-hybridized carbons (Fsp3) is 0. The fourth-order valence-electron chi connectivity index (χ4n) is 1.55. The minimum absolute atomic E-state index is 1.01. The summed E-state index contributed by atoms with van der Waals surface area (Å²) in [6, 6.07) is 5.98. The molecule has 3 heterocycles. The van der Waals surface area contributed by atoms with E-state index in [4.69, 9.17) is 0 Å². The molecule has 0 aliphatic heterocycles. The molecule has 0 atom stereocenters. The molecule has 0 amide bonds. The van der Waals surface area contributed by atoms with E-state index < -0.39 is 0 Å². The lowest BCUT2D eigenvalue weighted by atomic mass is 10.2. The first-order chi connectivity index (χ1) is 6.45. The van der Waals surface area contributed by atoms with E-state index in [-0.39, 0.29) is 0 Å². The summed E-state index contributed by atoms with van der Waals surface area (Å²) >= 11 is 0. The Hall–Kier alpha value is -1.90. The van der Waals surface area contributed by atoms with Gasteiger partial charge in [-0.05, 0) is 18.2 Å². The molecular formula is C10H7N3. The summed E-state index contributed by atoms with van der Waals surface area (Å²) in [6.45, 7) is 0. The first-order valence-corrected chi connectivity index (χ1v) is 4.10. The van der Waals surface area contributed by atoms with Gasteiger partial charge in [-0.2, -0.15) is 0 Å². The van der Waals surface area contributed by atoms with Crippen LogP contribution in [0.1, 0.15) is 0 Å². The Kier molecular flexibility index (Phi) is 1.16. The second kappa shape index (κ2) is 2.29. The van der Waals surface area contributed by atoms with E-state index in [2.05, 4.69) is 16.0 Å². The van der Waals surface area contributed by atoms with Gasteiger partial charge in [0.1, 0.15) is 0 Å². The van der Waals surface area contributed by atoms with Crippen molar-refractivity contribution in [1.29, 1.82) is 0 Å². The monoisotopic (exact) mass is 169 g/mol. The van der Waals surface area contributed by atoms with Crippen molar-refractivity contribution < 1.29 is 0 Å². The van der Waals surface area contributed by atoms with Gasteiger partial charge >= 0.3 is 0 Å². The van der Waals surface area contributed by atoms with Crippen LogP contribution >= 0.6 is 0 Å². The van der Waals surface area contributed by atoms with Crippen LogP contribution in [0.3, 0.4) is 0 Å². The zero-order chi connectivity index (χ0) is 8.67. The maximum absolute atomic E-state index is 4.27. The molecule has 3 nitrogen and oxygen atoms in total. The van der Waals surface area contributed by atoms with Crippen molar-refractivity contribution >= 4 is 16.4 Å². The second-order valence-electron chi connectivity index (χ2n) is 2.94. The summed E-state index contributed by atoms with van der Waals surface area (Å²) in [5.74, 6) is 0. The highest BCUT2D eigenvalue weighted by Gasteiger charge is 1.99. The highest BCUT2D eigenvalue weighted by Crippen LogP contribution is 2.16. The summed E-state index contributed by atoms with van der Waals surface area (Å²) in [5, 5.41) is 1.14. The van der Waals surface area contributed by atoms with Gasteiger partial charge in [-0.1, -0.05) is 0 Å². The molecule has 0 aromatic carbocycles. The summed E-state index contributed by atoms with van der Waals surface area (Å²) in [5.41, 5.74) is 2.11. The summed E-state index contributed by atoms with van der Waals surface area (Å²) < 4.78 is 1.99. The Morgan fingerprint density at radius 2 is 2.23 bits per heavy atom. The molecule has 0 aliphatic carbocycles. The molecule has 0 N–H and O–H groups in total. The van der Waals surface area contributed by atoms with Crippen LogP contribution < -0.4 is 0 Å². The van der Waals surface area contributed by atoms with Gasteiger partial charge in [0.2, 0.25) is 0 Å². The average molecular weight is 169 g/mol. The van der Waals surface area contributed by atoms with E-state index in [1.807, 2.05) is 28.9 Å². The Morgan fingerprint density at radius 1 is 1.23 bits per heavy atom. The lowest BCUT2D eigenvalue weighted by molar-refractivity contribution is 1.16. The fourth-order valence-corrected chi connectivity index (χ4v) is 1.55. The summed E-state index contributed by atoms with van der Waals surface area (Å²) in [6.07, 6.45) is 7.42. The predicted molar refractivity (Wildman–Crippen MR) is 50.5 cm³/mol. The molecule has 0 spiro atoms. The molecule has 0 fully saturated rings. The van der Waals surface area contributed by atoms with Gasteiger partial charge in [0.25, 0.3) is 0 Å². The molecule has 0 radical (unpaired) electrons. The van der Waals surface area contributed by atoms with Crippen molar-refractivity contribution in [3.05, 3.63) is 43.1 Å². The van der Waals surface area contributed by atoms with Crippen LogP contribution in [0.15, 0.2) is 43.1 Å². The number of fused-ring (bicyclic) bond motifs is 3. The van der Waals surface area contributed by atoms with Gasteiger partial charge in [0.15, 0.2) is 0 Å². The molecule has 62 valence electrons. The lowest BCUT2D eigenvalue weighted by Crippen LogP contribution is -1.84. The van der Waals surface area contributed by atoms with Crippen molar-refractivity contribution in [1.82, 2.24) is 14.4 Å². The molecule has 13 heavy (non-hydrogen) atoms. The first-order valence-electron chi connectivity index (χ1n) is 4.10. The number of pyridine rings is 2. The van der Waals surface area contributed by atoms with E-state index in [0.29, 0.717) is 0 Å². The predicted octanol–water partition coefficient (Wildman–Crippen LogP) is 1.88. The van der Waals surface area contributed by atoms with Crippen LogP contribution in [0.4, 0.5) is 0 Å². The van der Waals surface area contributed by atoms with E-state index in [1.54, 1.807) is 12.5 Å². The SMILES string of the molecule is c1cnc2ccn3cncc3c2c1. The van der Waals surface area contributed by atoms with Crippen LogP contribution in [0, 0.1) is 0 Å². The van der Waals surface area contributed by atoms with Crippen LogP contribution in [0.25, 0.3) is 16.4 Å². The molecule has 3 rings (SSSR count). The van der Waals surface area contributed by atoms with Gasteiger partial charge in [-0.25, -0.2) is 4.98 Å². The van der Waals surface area contributed by atoms with Crippen molar-refractivity contribution in [2.45, 2.75) is 0 Å². The molecule has 0 saturated heterocycles. The molecule has 3 aromatic rings. The third-order valence-electron chi connectivity index (χ3n) is 2.17. The number of hydrogen-bond donors (Lipinski definition) is 0.